The van der Waals surface area contributed by atoms with Gasteiger partial charge in [-0.05, 0) is 81.7 Å². The third-order valence-corrected chi connectivity index (χ3v) is 8.99. The highest BCUT2D eigenvalue weighted by atomic mass is 19.3. The van der Waals surface area contributed by atoms with Crippen molar-refractivity contribution in [2.75, 3.05) is 38.0 Å². The van der Waals surface area contributed by atoms with Gasteiger partial charge in [0.25, 0.3) is 5.91 Å². The minimum Gasteiger partial charge on any atom is -0.338 e. The minimum atomic E-state index is -2.68. The Hall–Kier alpha value is -2.87. The van der Waals surface area contributed by atoms with Crippen molar-refractivity contribution in [3.8, 4) is 0 Å². The first-order valence-corrected chi connectivity index (χ1v) is 13.8. The van der Waals surface area contributed by atoms with Crippen LogP contribution in [0.25, 0.3) is 0 Å². The second kappa shape index (κ2) is 10.7. The number of aryl methyl sites for hydroxylation is 2. The predicted octanol–water partition coefficient (Wildman–Crippen LogP) is 5.32. The number of hydrogen-bond acceptors (Lipinski definition) is 4. The van der Waals surface area contributed by atoms with E-state index in [2.05, 4.69) is 15.2 Å². The van der Waals surface area contributed by atoms with Crippen LogP contribution in [0, 0.1) is 31.1 Å². The van der Waals surface area contributed by atoms with Gasteiger partial charge in [0.05, 0.1) is 16.7 Å². The van der Waals surface area contributed by atoms with Gasteiger partial charge in [-0.1, -0.05) is 18.2 Å². The highest BCUT2D eigenvalue weighted by Crippen LogP contribution is 2.47. The molecule has 8 heteroatoms. The number of pyridine rings is 1. The van der Waals surface area contributed by atoms with E-state index in [4.69, 9.17) is 0 Å². The Balaban J connectivity index is 1.15. The summed E-state index contributed by atoms with van der Waals surface area (Å²) in [4.78, 5) is 35.3. The maximum Gasteiger partial charge on any atom is 0.255 e. The fraction of sp³-hybridized carbons (Fsp3) is 0.567. The van der Waals surface area contributed by atoms with E-state index in [1.807, 2.05) is 55.1 Å². The number of hydrogen-bond donors (Lipinski definition) is 1. The minimum absolute atomic E-state index is 0.0783. The normalized spacial score (nSPS) is 24.3. The number of anilines is 1. The molecule has 2 saturated heterocycles. The number of para-hydroxylation sites is 1. The number of alkyl halides is 2. The lowest BCUT2D eigenvalue weighted by molar-refractivity contribution is -0.134. The number of carbonyl (C=O) groups is 2. The first kappa shape index (κ1) is 26.7. The molecule has 3 aliphatic rings. The van der Waals surface area contributed by atoms with E-state index in [1.165, 1.54) is 0 Å². The molecule has 0 spiro atoms. The maximum atomic E-state index is 14.0. The molecule has 0 radical (unpaired) electrons. The summed E-state index contributed by atoms with van der Waals surface area (Å²) in [5, 5.41) is 2.99. The summed E-state index contributed by atoms with van der Waals surface area (Å²) in [6.07, 6.45) is 3.11. The van der Waals surface area contributed by atoms with Gasteiger partial charge < -0.3 is 15.1 Å². The number of nitrogens with zero attached hydrogens (tertiary/aromatic N) is 3. The van der Waals surface area contributed by atoms with Gasteiger partial charge in [-0.25, -0.2) is 8.78 Å². The summed E-state index contributed by atoms with van der Waals surface area (Å²) in [6, 6.07) is 11.1. The second-order valence-corrected chi connectivity index (χ2v) is 11.6. The lowest BCUT2D eigenvalue weighted by Crippen LogP contribution is -2.43. The molecule has 38 heavy (non-hydrogen) atoms. The Morgan fingerprint density at radius 2 is 1.63 bits per heavy atom. The highest BCUT2D eigenvalue weighted by molar-refractivity contribution is 5.97. The molecule has 1 aromatic carbocycles. The summed E-state index contributed by atoms with van der Waals surface area (Å²) in [5.74, 6) is -1.85. The van der Waals surface area contributed by atoms with E-state index >= 15 is 0 Å². The molecule has 2 unspecified atom stereocenters. The number of halogens is 2. The van der Waals surface area contributed by atoms with Gasteiger partial charge in [-0.3, -0.25) is 14.6 Å². The SMILES string of the molecule is Cc1ccnc(C)c1C(=O)N1CC2CN(CCCC3(C(=O)Nc4ccccc4)CCC(F)(F)CC3)CC2C1. The molecule has 1 aromatic heterocycles. The van der Waals surface area contributed by atoms with Crippen molar-refractivity contribution < 1.29 is 18.4 Å². The van der Waals surface area contributed by atoms with Gasteiger partial charge in [0.1, 0.15) is 0 Å². The van der Waals surface area contributed by atoms with Crippen LogP contribution in [0.4, 0.5) is 14.5 Å². The largest absolute Gasteiger partial charge is 0.338 e. The summed E-state index contributed by atoms with van der Waals surface area (Å²) >= 11 is 0. The van der Waals surface area contributed by atoms with Gasteiger partial charge in [0.15, 0.2) is 0 Å². The fourth-order valence-electron chi connectivity index (χ4n) is 6.73. The van der Waals surface area contributed by atoms with Crippen LogP contribution in [0.2, 0.25) is 0 Å². The average Bonchev–Trinajstić information content (AvgIpc) is 3.45. The highest BCUT2D eigenvalue weighted by Gasteiger charge is 2.48. The van der Waals surface area contributed by atoms with Crippen molar-refractivity contribution in [1.82, 2.24) is 14.8 Å². The quantitative estimate of drug-likeness (QED) is 0.533. The number of aromatic nitrogens is 1. The monoisotopic (exact) mass is 524 g/mol. The van der Waals surface area contributed by atoms with Crippen molar-refractivity contribution in [1.29, 1.82) is 0 Å². The Bertz CT molecular complexity index is 1130. The molecule has 1 aliphatic carbocycles. The van der Waals surface area contributed by atoms with Gasteiger partial charge in [0.2, 0.25) is 11.8 Å². The molecule has 3 fully saturated rings. The lowest BCUT2D eigenvalue weighted by atomic mass is 9.69. The Morgan fingerprint density at radius 1 is 0.974 bits per heavy atom. The molecule has 2 aromatic rings. The Kier molecular flexibility index (Phi) is 7.54. The van der Waals surface area contributed by atoms with E-state index in [1.54, 1.807) is 6.20 Å². The number of amides is 2. The van der Waals surface area contributed by atoms with Crippen molar-refractivity contribution in [3.05, 3.63) is 59.4 Å². The van der Waals surface area contributed by atoms with Crippen LogP contribution in [0.15, 0.2) is 42.6 Å². The maximum absolute atomic E-state index is 14.0. The molecule has 6 nitrogen and oxygen atoms in total. The molecule has 0 bridgehead atoms. The second-order valence-electron chi connectivity index (χ2n) is 11.6. The molecule has 204 valence electrons. The summed E-state index contributed by atoms with van der Waals surface area (Å²) in [6.45, 7) is 8.07. The smallest absolute Gasteiger partial charge is 0.255 e. The molecular formula is C30H38F2N4O2. The van der Waals surface area contributed by atoms with Crippen LogP contribution in [0.3, 0.4) is 0 Å². The fourth-order valence-corrected chi connectivity index (χ4v) is 6.73. The van der Waals surface area contributed by atoms with Crippen LogP contribution in [0.1, 0.15) is 60.1 Å². The van der Waals surface area contributed by atoms with E-state index in [9.17, 15) is 18.4 Å². The van der Waals surface area contributed by atoms with E-state index in [0.29, 0.717) is 23.9 Å². The standard InChI is InChI=1S/C30H38F2N4O2/c1-21-9-15-33-22(2)26(21)27(37)36-19-23-17-35(18-24(23)20-36)16-6-10-29(11-13-30(31,32)14-12-29)28(38)34-25-7-4-3-5-8-25/h3-5,7-9,15,23-24H,6,10-14,16-20H2,1-2H3,(H,34,38). The van der Waals surface area contributed by atoms with Crippen LogP contribution in [0.5, 0.6) is 0 Å². The first-order valence-electron chi connectivity index (χ1n) is 13.8. The summed E-state index contributed by atoms with van der Waals surface area (Å²) in [7, 11) is 0. The van der Waals surface area contributed by atoms with E-state index < -0.39 is 11.3 Å². The molecule has 2 aliphatic heterocycles. The van der Waals surface area contributed by atoms with Crippen LogP contribution in [-0.2, 0) is 4.79 Å². The topological polar surface area (TPSA) is 65.5 Å². The van der Waals surface area contributed by atoms with E-state index in [-0.39, 0.29) is 37.5 Å². The van der Waals surface area contributed by atoms with Crippen LogP contribution >= 0.6 is 0 Å². The first-order chi connectivity index (χ1) is 18.2. The van der Waals surface area contributed by atoms with Crippen LogP contribution in [-0.4, -0.2) is 65.2 Å². The summed E-state index contributed by atoms with van der Waals surface area (Å²) in [5.41, 5.74) is 2.42. The molecule has 3 heterocycles. The number of benzene rings is 1. The number of likely N-dealkylation sites (tertiary alicyclic amines) is 2. The van der Waals surface area contributed by atoms with Crippen molar-refractivity contribution >= 4 is 17.5 Å². The molecular weight excluding hydrogens is 486 g/mol. The zero-order valence-corrected chi connectivity index (χ0v) is 22.4. The molecule has 1 saturated carbocycles. The lowest BCUT2D eigenvalue weighted by Gasteiger charge is -2.39. The van der Waals surface area contributed by atoms with Crippen molar-refractivity contribution in [2.45, 2.75) is 58.3 Å². The summed E-state index contributed by atoms with van der Waals surface area (Å²) < 4.78 is 28.0. The average molecular weight is 525 g/mol. The van der Waals surface area contributed by atoms with Crippen LogP contribution < -0.4 is 5.32 Å². The molecule has 2 amide bonds. The zero-order valence-electron chi connectivity index (χ0n) is 22.4. The van der Waals surface area contributed by atoms with Gasteiger partial charge >= 0.3 is 0 Å². The van der Waals surface area contributed by atoms with Gasteiger partial charge in [-0.2, -0.15) is 0 Å². The molecule has 2 atom stereocenters. The zero-order chi connectivity index (χ0) is 26.9. The van der Waals surface area contributed by atoms with Crippen molar-refractivity contribution in [3.63, 3.8) is 0 Å². The number of rotatable bonds is 7. The number of fused-ring (bicyclic) bond motifs is 1. The third kappa shape index (κ3) is 5.60. The van der Waals surface area contributed by atoms with Crippen molar-refractivity contribution in [2.24, 2.45) is 17.3 Å². The Morgan fingerprint density at radius 3 is 2.26 bits per heavy atom. The number of nitrogens with one attached hydrogen (secondary N) is 1. The number of carbonyl (C=O) groups excluding carboxylic acids is 2. The van der Waals surface area contributed by atoms with Gasteiger partial charge in [-0.15, -0.1) is 0 Å². The van der Waals surface area contributed by atoms with E-state index in [0.717, 1.165) is 56.0 Å². The van der Waals surface area contributed by atoms with Gasteiger partial charge in [0, 0.05) is 50.9 Å². The molecule has 1 N–H and O–H groups in total. The molecule has 5 rings (SSSR count). The third-order valence-electron chi connectivity index (χ3n) is 8.99. The predicted molar refractivity (Wildman–Crippen MR) is 143 cm³/mol. The Labute approximate surface area is 223 Å².